The molecule has 1 aromatic carbocycles. The Bertz CT molecular complexity index is 433. The van der Waals surface area contributed by atoms with Gasteiger partial charge in [0.25, 0.3) is 0 Å². The molecule has 0 aliphatic carbocycles. The van der Waals surface area contributed by atoms with Crippen molar-refractivity contribution in [1.82, 2.24) is 0 Å². The van der Waals surface area contributed by atoms with Crippen molar-refractivity contribution in [1.29, 1.82) is 0 Å². The zero-order chi connectivity index (χ0) is 14.4. The van der Waals surface area contributed by atoms with Crippen LogP contribution in [0.5, 0.6) is 0 Å². The summed E-state index contributed by atoms with van der Waals surface area (Å²) in [4.78, 5) is 10.8. The van der Waals surface area contributed by atoms with Crippen molar-refractivity contribution in [2.24, 2.45) is 0 Å². The largest absolute Gasteiger partial charge is 0.392 e. The van der Waals surface area contributed by atoms with Crippen LogP contribution in [-0.4, -0.2) is 32.3 Å². The first kappa shape index (κ1) is 16.2. The lowest BCUT2D eigenvalue weighted by Gasteiger charge is -2.19. The number of thioether (sulfide) groups is 1. The van der Waals surface area contributed by atoms with Crippen LogP contribution in [0.3, 0.4) is 0 Å². The van der Waals surface area contributed by atoms with Crippen LogP contribution in [-0.2, 0) is 11.4 Å². The summed E-state index contributed by atoms with van der Waals surface area (Å²) in [6.07, 6.45) is -1.52. The maximum atomic E-state index is 10.8. The molecular formula is C14H20O4S. The number of hydrogen-bond acceptors (Lipinski definition) is 5. The second-order valence-electron chi connectivity index (χ2n) is 4.48. The van der Waals surface area contributed by atoms with E-state index >= 15 is 0 Å². The lowest BCUT2D eigenvalue weighted by Crippen LogP contribution is -2.19. The first-order chi connectivity index (χ1) is 8.95. The fourth-order valence-electron chi connectivity index (χ4n) is 1.78. The predicted molar refractivity (Wildman–Crippen MR) is 75.8 cm³/mol. The van der Waals surface area contributed by atoms with E-state index in [1.807, 2.05) is 6.92 Å². The second kappa shape index (κ2) is 7.65. The molecule has 0 radical (unpaired) electrons. The summed E-state index contributed by atoms with van der Waals surface area (Å²) < 4.78 is 0. The van der Waals surface area contributed by atoms with E-state index in [-0.39, 0.29) is 11.7 Å². The van der Waals surface area contributed by atoms with E-state index in [9.17, 15) is 15.0 Å². The summed E-state index contributed by atoms with van der Waals surface area (Å²) in [7, 11) is 0. The molecule has 2 atom stereocenters. The molecule has 0 heterocycles. The first-order valence-electron chi connectivity index (χ1n) is 6.15. The molecule has 0 saturated heterocycles. The number of benzene rings is 1. The third-order valence-corrected chi connectivity index (χ3v) is 3.81. The topological polar surface area (TPSA) is 77.8 Å². The van der Waals surface area contributed by atoms with Gasteiger partial charge in [-0.25, -0.2) is 0 Å². The maximum absolute atomic E-state index is 10.8. The van der Waals surface area contributed by atoms with Crippen LogP contribution in [0.15, 0.2) is 18.2 Å². The maximum Gasteiger partial charge on any atom is 0.185 e. The van der Waals surface area contributed by atoms with Gasteiger partial charge in [0.15, 0.2) is 5.12 Å². The molecule has 1 aromatic rings. The van der Waals surface area contributed by atoms with Gasteiger partial charge in [-0.05, 0) is 30.0 Å². The van der Waals surface area contributed by atoms with Gasteiger partial charge < -0.3 is 15.3 Å². The molecule has 2 unspecified atom stereocenters. The van der Waals surface area contributed by atoms with Crippen LogP contribution in [0.4, 0.5) is 0 Å². The van der Waals surface area contributed by atoms with Gasteiger partial charge in [-0.1, -0.05) is 30.0 Å². The van der Waals surface area contributed by atoms with Gasteiger partial charge in [0.1, 0.15) is 6.10 Å². The highest BCUT2D eigenvalue weighted by atomic mass is 32.2. The van der Waals surface area contributed by atoms with Gasteiger partial charge in [0.2, 0.25) is 0 Å². The number of aliphatic hydroxyl groups is 3. The number of carbonyl (C=O) groups is 1. The van der Waals surface area contributed by atoms with E-state index < -0.39 is 12.2 Å². The highest BCUT2D eigenvalue weighted by Crippen LogP contribution is 2.23. The SMILES string of the molecule is CC(=O)SCCC(O)C(O)c1ccc(CO)c(C)c1. The molecule has 5 heteroatoms. The Morgan fingerprint density at radius 3 is 2.58 bits per heavy atom. The monoisotopic (exact) mass is 284 g/mol. The number of aryl methyl sites for hydroxylation is 1. The molecule has 0 aliphatic rings. The summed E-state index contributed by atoms with van der Waals surface area (Å²) in [5, 5.41) is 29.0. The van der Waals surface area contributed by atoms with Crippen LogP contribution in [0.2, 0.25) is 0 Å². The van der Waals surface area contributed by atoms with E-state index in [1.165, 1.54) is 6.92 Å². The number of hydrogen-bond donors (Lipinski definition) is 3. The van der Waals surface area contributed by atoms with Crippen LogP contribution in [0.1, 0.15) is 36.1 Å². The van der Waals surface area contributed by atoms with Gasteiger partial charge in [0.05, 0.1) is 12.7 Å². The summed E-state index contributed by atoms with van der Waals surface area (Å²) in [6, 6.07) is 5.20. The normalized spacial score (nSPS) is 14.2. The van der Waals surface area contributed by atoms with Gasteiger partial charge in [-0.15, -0.1) is 0 Å². The molecule has 19 heavy (non-hydrogen) atoms. The van der Waals surface area contributed by atoms with Crippen molar-refractivity contribution in [2.75, 3.05) is 5.75 Å². The molecular weight excluding hydrogens is 264 g/mol. The third kappa shape index (κ3) is 4.95. The summed E-state index contributed by atoms with van der Waals surface area (Å²) >= 11 is 1.14. The standard InChI is InChI=1S/C14H20O4S/c1-9-7-11(3-4-12(9)8-15)14(18)13(17)5-6-19-10(2)16/h3-4,7,13-15,17-18H,5-6,8H2,1-2H3. The Morgan fingerprint density at radius 2 is 2.05 bits per heavy atom. The molecule has 0 spiro atoms. The fourth-order valence-corrected chi connectivity index (χ4v) is 2.43. The Morgan fingerprint density at radius 1 is 1.37 bits per heavy atom. The Balaban J connectivity index is 2.63. The first-order valence-corrected chi connectivity index (χ1v) is 7.14. The minimum Gasteiger partial charge on any atom is -0.392 e. The van der Waals surface area contributed by atoms with Crippen molar-refractivity contribution in [3.8, 4) is 0 Å². The Hall–Kier alpha value is -0.880. The lowest BCUT2D eigenvalue weighted by atomic mass is 9.98. The molecule has 1 rings (SSSR count). The second-order valence-corrected chi connectivity index (χ2v) is 5.76. The van der Waals surface area contributed by atoms with E-state index in [0.717, 1.165) is 22.9 Å². The Labute approximate surface area is 117 Å². The van der Waals surface area contributed by atoms with Crippen molar-refractivity contribution in [3.63, 3.8) is 0 Å². The highest BCUT2D eigenvalue weighted by molar-refractivity contribution is 8.13. The van der Waals surface area contributed by atoms with Gasteiger partial charge in [-0.3, -0.25) is 4.79 Å². The van der Waals surface area contributed by atoms with Gasteiger partial charge in [-0.2, -0.15) is 0 Å². The van der Waals surface area contributed by atoms with E-state index in [4.69, 9.17) is 5.11 Å². The number of carbonyl (C=O) groups excluding carboxylic acids is 1. The molecule has 0 bridgehead atoms. The molecule has 106 valence electrons. The molecule has 0 amide bonds. The lowest BCUT2D eigenvalue weighted by molar-refractivity contribution is -0.109. The van der Waals surface area contributed by atoms with Crippen LogP contribution in [0.25, 0.3) is 0 Å². The fraction of sp³-hybridized carbons (Fsp3) is 0.500. The van der Waals surface area contributed by atoms with Crippen molar-refractivity contribution in [2.45, 2.75) is 39.1 Å². The molecule has 0 aliphatic heterocycles. The zero-order valence-corrected chi connectivity index (χ0v) is 12.0. The summed E-state index contributed by atoms with van der Waals surface area (Å²) in [6.45, 7) is 3.28. The average Bonchev–Trinajstić information content (AvgIpc) is 2.37. The molecule has 3 N–H and O–H groups in total. The number of aliphatic hydroxyl groups excluding tert-OH is 3. The minimum atomic E-state index is -0.973. The highest BCUT2D eigenvalue weighted by Gasteiger charge is 2.18. The average molecular weight is 284 g/mol. The third-order valence-electron chi connectivity index (χ3n) is 2.96. The molecule has 0 saturated carbocycles. The van der Waals surface area contributed by atoms with E-state index in [2.05, 4.69) is 0 Å². The molecule has 0 aromatic heterocycles. The van der Waals surface area contributed by atoms with Crippen LogP contribution >= 0.6 is 11.8 Å². The van der Waals surface area contributed by atoms with Crippen LogP contribution in [0, 0.1) is 6.92 Å². The van der Waals surface area contributed by atoms with Gasteiger partial charge >= 0.3 is 0 Å². The quantitative estimate of drug-likeness (QED) is 0.739. The van der Waals surface area contributed by atoms with E-state index in [0.29, 0.717) is 17.7 Å². The predicted octanol–water partition coefficient (Wildman–Crippen LogP) is 1.55. The molecule has 0 fully saturated rings. The summed E-state index contributed by atoms with van der Waals surface area (Å²) in [5.41, 5.74) is 2.30. The Kier molecular flexibility index (Phi) is 6.51. The minimum absolute atomic E-state index is 0.00447. The number of rotatable bonds is 6. The van der Waals surface area contributed by atoms with Crippen molar-refractivity contribution in [3.05, 3.63) is 34.9 Å². The van der Waals surface area contributed by atoms with Gasteiger partial charge in [0, 0.05) is 12.7 Å². The molecule has 4 nitrogen and oxygen atoms in total. The zero-order valence-electron chi connectivity index (χ0n) is 11.2. The summed E-state index contributed by atoms with van der Waals surface area (Å²) in [5.74, 6) is 0.487. The van der Waals surface area contributed by atoms with Crippen LogP contribution < -0.4 is 0 Å². The van der Waals surface area contributed by atoms with Crippen molar-refractivity contribution < 1.29 is 20.1 Å². The van der Waals surface area contributed by atoms with Crippen molar-refractivity contribution >= 4 is 16.9 Å². The van der Waals surface area contributed by atoms with E-state index in [1.54, 1.807) is 18.2 Å². The smallest absolute Gasteiger partial charge is 0.185 e.